The fraction of sp³-hybridized carbons (Fsp3) is 1.00. The number of hydrogen-bond acceptors (Lipinski definition) is 1. The van der Waals surface area contributed by atoms with E-state index < -0.39 is 12.7 Å². The van der Waals surface area contributed by atoms with Gasteiger partial charge in [-0.15, -0.1) is 11.6 Å². The third-order valence-corrected chi connectivity index (χ3v) is 2.21. The lowest BCUT2D eigenvalue weighted by Gasteiger charge is -2.27. The predicted molar refractivity (Wildman–Crippen MR) is 52.7 cm³/mol. The first-order valence-corrected chi connectivity index (χ1v) is 5.27. The molecule has 0 fully saturated rings. The number of unbranched alkanes of at least 4 members (excludes halogenated alkanes) is 1. The van der Waals surface area contributed by atoms with Gasteiger partial charge in [0.15, 0.2) is 0 Å². The molecule has 14 heavy (non-hydrogen) atoms. The van der Waals surface area contributed by atoms with Crippen LogP contribution < -0.4 is 0 Å². The minimum absolute atomic E-state index is 0.0769. The van der Waals surface area contributed by atoms with Crippen LogP contribution in [0.15, 0.2) is 0 Å². The zero-order chi connectivity index (χ0) is 11.2. The standard InChI is InChI=1S/C9H17ClF3N/c1-8(2)14(6-4-3-5-10)7-9(11,12)13/h8H,3-7H2,1-2H3. The van der Waals surface area contributed by atoms with Gasteiger partial charge < -0.3 is 0 Å². The van der Waals surface area contributed by atoms with Gasteiger partial charge in [-0.05, 0) is 33.2 Å². The van der Waals surface area contributed by atoms with Crippen LogP contribution in [0.4, 0.5) is 13.2 Å². The fourth-order valence-electron chi connectivity index (χ4n) is 1.16. The highest BCUT2D eigenvalue weighted by Crippen LogP contribution is 2.18. The van der Waals surface area contributed by atoms with Gasteiger partial charge in [-0.2, -0.15) is 13.2 Å². The van der Waals surface area contributed by atoms with Crippen LogP contribution in [0.1, 0.15) is 26.7 Å². The number of hydrogen-bond donors (Lipinski definition) is 0. The van der Waals surface area contributed by atoms with Crippen LogP contribution in [0, 0.1) is 0 Å². The Morgan fingerprint density at radius 2 is 1.79 bits per heavy atom. The summed E-state index contributed by atoms with van der Waals surface area (Å²) in [4.78, 5) is 1.42. The molecule has 1 nitrogen and oxygen atoms in total. The molecule has 0 aromatic rings. The Morgan fingerprint density at radius 1 is 1.21 bits per heavy atom. The molecule has 0 saturated carbocycles. The van der Waals surface area contributed by atoms with Crippen molar-refractivity contribution in [2.45, 2.75) is 38.9 Å². The molecular weight excluding hydrogens is 215 g/mol. The summed E-state index contributed by atoms with van der Waals surface area (Å²) >= 11 is 5.46. The van der Waals surface area contributed by atoms with E-state index in [0.717, 1.165) is 12.8 Å². The third-order valence-electron chi connectivity index (χ3n) is 1.94. The van der Waals surface area contributed by atoms with Crippen LogP contribution in [-0.2, 0) is 0 Å². The van der Waals surface area contributed by atoms with E-state index in [0.29, 0.717) is 12.4 Å². The number of nitrogens with zero attached hydrogens (tertiary/aromatic N) is 1. The molecule has 0 aliphatic heterocycles. The molecule has 0 aliphatic carbocycles. The molecule has 0 aromatic carbocycles. The van der Waals surface area contributed by atoms with Gasteiger partial charge in [0.05, 0.1) is 6.54 Å². The molecule has 0 N–H and O–H groups in total. The summed E-state index contributed by atoms with van der Waals surface area (Å²) in [5.74, 6) is 0.512. The second-order valence-corrected chi connectivity index (χ2v) is 3.95. The molecule has 86 valence electrons. The van der Waals surface area contributed by atoms with Crippen LogP contribution >= 0.6 is 11.6 Å². The Balaban J connectivity index is 3.91. The topological polar surface area (TPSA) is 3.24 Å². The fourth-order valence-corrected chi connectivity index (χ4v) is 1.35. The van der Waals surface area contributed by atoms with E-state index in [1.54, 1.807) is 13.8 Å². The van der Waals surface area contributed by atoms with Gasteiger partial charge in [0.1, 0.15) is 0 Å². The maximum atomic E-state index is 12.1. The van der Waals surface area contributed by atoms with E-state index in [9.17, 15) is 13.2 Å². The second-order valence-electron chi connectivity index (χ2n) is 3.58. The van der Waals surface area contributed by atoms with Gasteiger partial charge in [0.25, 0.3) is 0 Å². The van der Waals surface area contributed by atoms with Crippen LogP contribution in [0.5, 0.6) is 0 Å². The summed E-state index contributed by atoms with van der Waals surface area (Å²) in [5.41, 5.74) is 0. The third kappa shape index (κ3) is 7.44. The summed E-state index contributed by atoms with van der Waals surface area (Å²) in [6.07, 6.45) is -2.62. The lowest BCUT2D eigenvalue weighted by atomic mass is 10.2. The van der Waals surface area contributed by atoms with Crippen LogP contribution in [0.2, 0.25) is 0 Å². The van der Waals surface area contributed by atoms with E-state index >= 15 is 0 Å². The Kier molecular flexibility index (Phi) is 6.53. The minimum Gasteiger partial charge on any atom is -0.293 e. The smallest absolute Gasteiger partial charge is 0.293 e. The maximum Gasteiger partial charge on any atom is 0.401 e. The molecule has 0 aliphatic rings. The Morgan fingerprint density at radius 3 is 2.14 bits per heavy atom. The van der Waals surface area contributed by atoms with Crippen LogP contribution in [0.25, 0.3) is 0 Å². The van der Waals surface area contributed by atoms with Crippen molar-refractivity contribution in [2.75, 3.05) is 19.0 Å². The molecule has 5 heteroatoms. The number of rotatable bonds is 6. The maximum absolute atomic E-state index is 12.1. The van der Waals surface area contributed by atoms with Crippen molar-refractivity contribution in [2.24, 2.45) is 0 Å². The van der Waals surface area contributed by atoms with Crippen LogP contribution in [0.3, 0.4) is 0 Å². The molecule has 0 rings (SSSR count). The molecule has 0 aromatic heterocycles. The Bertz CT molecular complexity index is 147. The second kappa shape index (κ2) is 6.51. The average Bonchev–Trinajstić information content (AvgIpc) is 2.00. The van der Waals surface area contributed by atoms with E-state index in [4.69, 9.17) is 11.6 Å². The highest BCUT2D eigenvalue weighted by molar-refractivity contribution is 6.17. The van der Waals surface area contributed by atoms with Gasteiger partial charge in [-0.1, -0.05) is 0 Å². The summed E-state index contributed by atoms with van der Waals surface area (Å²) in [7, 11) is 0. The zero-order valence-corrected chi connectivity index (χ0v) is 9.33. The van der Waals surface area contributed by atoms with Gasteiger partial charge in [0.2, 0.25) is 0 Å². The van der Waals surface area contributed by atoms with E-state index in [2.05, 4.69) is 0 Å². The van der Waals surface area contributed by atoms with Crippen molar-refractivity contribution < 1.29 is 13.2 Å². The molecule has 0 heterocycles. The molecule has 0 bridgehead atoms. The normalized spacial score (nSPS) is 12.9. The predicted octanol–water partition coefficient (Wildman–Crippen LogP) is 3.28. The summed E-state index contributed by atoms with van der Waals surface area (Å²) in [6.45, 7) is 3.18. The summed E-state index contributed by atoms with van der Waals surface area (Å²) in [5, 5.41) is 0. The molecule has 0 radical (unpaired) electrons. The van der Waals surface area contributed by atoms with Gasteiger partial charge >= 0.3 is 6.18 Å². The van der Waals surface area contributed by atoms with Crippen molar-refractivity contribution in [3.63, 3.8) is 0 Å². The lowest BCUT2D eigenvalue weighted by molar-refractivity contribution is -0.149. The Hall–Kier alpha value is 0.0400. The number of alkyl halides is 4. The van der Waals surface area contributed by atoms with Crippen molar-refractivity contribution >= 4 is 11.6 Å². The largest absolute Gasteiger partial charge is 0.401 e. The first kappa shape index (κ1) is 14.0. The number of halogens is 4. The Labute approximate surface area is 88.2 Å². The van der Waals surface area contributed by atoms with Gasteiger partial charge in [-0.3, -0.25) is 4.90 Å². The first-order valence-electron chi connectivity index (χ1n) is 4.73. The van der Waals surface area contributed by atoms with Gasteiger partial charge in [-0.25, -0.2) is 0 Å². The molecule has 0 amide bonds. The quantitative estimate of drug-likeness (QED) is 0.501. The SMILES string of the molecule is CC(C)N(CCCCCl)CC(F)(F)F. The highest BCUT2D eigenvalue weighted by Gasteiger charge is 2.31. The molecular formula is C9H17ClF3N. The van der Waals surface area contributed by atoms with Crippen molar-refractivity contribution in [3.8, 4) is 0 Å². The van der Waals surface area contributed by atoms with Crippen LogP contribution in [-0.4, -0.2) is 36.1 Å². The first-order chi connectivity index (χ1) is 6.37. The molecule has 0 spiro atoms. The van der Waals surface area contributed by atoms with E-state index in [-0.39, 0.29) is 6.04 Å². The summed E-state index contributed by atoms with van der Waals surface area (Å²) < 4.78 is 36.3. The highest BCUT2D eigenvalue weighted by atomic mass is 35.5. The molecule has 0 atom stereocenters. The zero-order valence-electron chi connectivity index (χ0n) is 8.57. The van der Waals surface area contributed by atoms with Gasteiger partial charge in [0, 0.05) is 11.9 Å². The molecule has 0 saturated heterocycles. The minimum atomic E-state index is -4.11. The van der Waals surface area contributed by atoms with Crippen molar-refractivity contribution in [1.29, 1.82) is 0 Å². The lowest BCUT2D eigenvalue weighted by Crippen LogP contribution is -2.39. The van der Waals surface area contributed by atoms with Crippen molar-refractivity contribution in [3.05, 3.63) is 0 Å². The monoisotopic (exact) mass is 231 g/mol. The van der Waals surface area contributed by atoms with Crippen molar-refractivity contribution in [1.82, 2.24) is 4.90 Å². The van der Waals surface area contributed by atoms with E-state index in [1.165, 1.54) is 4.90 Å². The van der Waals surface area contributed by atoms with E-state index in [1.807, 2.05) is 0 Å². The molecule has 0 unspecified atom stereocenters. The average molecular weight is 232 g/mol. The summed E-state index contributed by atoms with van der Waals surface area (Å²) in [6, 6.07) is -0.0769.